The Hall–Kier alpha value is 1.14. The maximum Gasteiger partial charge on any atom is 1.00 e. The van der Waals surface area contributed by atoms with Crippen molar-refractivity contribution in [2.45, 2.75) is 0 Å². The molecule has 0 saturated heterocycles. The second-order valence-corrected chi connectivity index (χ2v) is 0. The van der Waals surface area contributed by atoms with Gasteiger partial charge in [0.15, 0.2) is 0 Å². The van der Waals surface area contributed by atoms with Crippen LogP contribution in [-0.2, 0) is 0 Å². The summed E-state index contributed by atoms with van der Waals surface area (Å²) in [5.41, 5.74) is 0. The van der Waals surface area contributed by atoms with E-state index in [4.69, 9.17) is 4.80 Å². The molecule has 0 heterocycles. The zero-order valence-corrected chi connectivity index (χ0v) is 6.91. The van der Waals surface area contributed by atoms with Gasteiger partial charge in [-0.1, -0.05) is 10.5 Å². The van der Waals surface area contributed by atoms with E-state index in [1.54, 1.807) is 0 Å². The van der Waals surface area contributed by atoms with Crippen molar-refractivity contribution in [3.8, 4) is 0 Å². The van der Waals surface area contributed by atoms with Gasteiger partial charge in [-0.05, 0) is 0 Å². The van der Waals surface area contributed by atoms with Gasteiger partial charge in [0.2, 0.25) is 0 Å². The van der Waals surface area contributed by atoms with Gasteiger partial charge in [0.25, 0.3) is 0 Å². The Kier molecular flexibility index (Phi) is 152. The van der Waals surface area contributed by atoms with Gasteiger partial charge in [-0.15, -0.1) is 0 Å². The number of hydrogen-bond donors (Lipinski definition) is 0. The molecule has 4 heteroatoms. The molecule has 0 aromatic carbocycles. The Morgan fingerprint density at radius 2 is 1.25 bits per heavy atom. The van der Waals surface area contributed by atoms with Crippen molar-refractivity contribution >= 4 is 10.5 Å². The fourth-order valence-electron chi connectivity index (χ4n) is 0. The Balaban J connectivity index is -0.00000000500. The zero-order valence-electron chi connectivity index (χ0n) is 2.91. The second kappa shape index (κ2) is 31.5. The van der Waals surface area contributed by atoms with Crippen molar-refractivity contribution in [3.05, 3.63) is 0 Å². The molecule has 0 aromatic heterocycles. The SMILES string of the molecule is O.[Na+].[O-][SiH3]. The van der Waals surface area contributed by atoms with Crippen LogP contribution in [0.2, 0.25) is 0 Å². The minimum atomic E-state index is 0. The van der Waals surface area contributed by atoms with Crippen LogP contribution in [0.5, 0.6) is 0 Å². The monoisotopic (exact) mass is 88.0 g/mol. The molecule has 0 saturated carbocycles. The molecule has 4 heavy (non-hydrogen) atoms. The first kappa shape index (κ1) is 19.3. The van der Waals surface area contributed by atoms with Crippen molar-refractivity contribution < 1.29 is 39.8 Å². The first-order valence-corrected chi connectivity index (χ1v) is 1.22. The maximum absolute atomic E-state index is 8.39. The van der Waals surface area contributed by atoms with Gasteiger partial charge in [0.1, 0.15) is 0 Å². The summed E-state index contributed by atoms with van der Waals surface area (Å²) in [4.78, 5) is 8.39. The molecular weight excluding hydrogens is 83.1 g/mol. The molecule has 0 unspecified atom stereocenters. The van der Waals surface area contributed by atoms with Crippen molar-refractivity contribution in [1.29, 1.82) is 0 Å². The molecule has 2 nitrogen and oxygen atoms in total. The van der Waals surface area contributed by atoms with Crippen LogP contribution in [0.3, 0.4) is 0 Å². The molecule has 0 aliphatic carbocycles. The maximum atomic E-state index is 8.39. The summed E-state index contributed by atoms with van der Waals surface area (Å²) in [6.07, 6.45) is 0. The minimum absolute atomic E-state index is 0. The van der Waals surface area contributed by atoms with Crippen molar-refractivity contribution in [2.24, 2.45) is 0 Å². The number of hydrogen-bond acceptors (Lipinski definition) is 1. The summed E-state index contributed by atoms with van der Waals surface area (Å²) in [7, 11) is 0.0556. The van der Waals surface area contributed by atoms with E-state index in [1.807, 2.05) is 0 Å². The topological polar surface area (TPSA) is 54.6 Å². The largest absolute Gasteiger partial charge is 1.00 e. The van der Waals surface area contributed by atoms with Gasteiger partial charge in [0, 0.05) is 0 Å². The third-order valence-electron chi connectivity index (χ3n) is 0. The fourth-order valence-corrected chi connectivity index (χ4v) is 0. The van der Waals surface area contributed by atoms with Crippen LogP contribution in [0.15, 0.2) is 0 Å². The van der Waals surface area contributed by atoms with Gasteiger partial charge in [-0.25, -0.2) is 0 Å². The number of rotatable bonds is 0. The van der Waals surface area contributed by atoms with Gasteiger partial charge in [-0.2, -0.15) is 0 Å². The molecule has 22 valence electrons. The van der Waals surface area contributed by atoms with Crippen LogP contribution < -0.4 is 34.4 Å². The Labute approximate surface area is 50.4 Å². The molecule has 0 radical (unpaired) electrons. The van der Waals surface area contributed by atoms with Crippen LogP contribution in [-0.4, -0.2) is 16.0 Å². The molecule has 0 amide bonds. The van der Waals surface area contributed by atoms with E-state index < -0.39 is 0 Å². The minimum Gasteiger partial charge on any atom is -0.865 e. The van der Waals surface area contributed by atoms with Gasteiger partial charge >= 0.3 is 29.6 Å². The van der Waals surface area contributed by atoms with E-state index >= 15 is 0 Å². The summed E-state index contributed by atoms with van der Waals surface area (Å²) in [5.74, 6) is 0. The molecule has 0 rings (SSSR count). The third kappa shape index (κ3) is 11.1. The molecule has 0 fully saturated rings. The van der Waals surface area contributed by atoms with Crippen LogP contribution in [0.1, 0.15) is 0 Å². The van der Waals surface area contributed by atoms with Crippen molar-refractivity contribution in [3.63, 3.8) is 0 Å². The molecule has 0 aromatic rings. The molecule has 0 bridgehead atoms. The summed E-state index contributed by atoms with van der Waals surface area (Å²) >= 11 is 0. The first-order chi connectivity index (χ1) is 1.00. The molecule has 0 atom stereocenters. The van der Waals surface area contributed by atoms with Crippen LogP contribution >= 0.6 is 0 Å². The first-order valence-electron chi connectivity index (χ1n) is 0.408. The predicted molar refractivity (Wildman–Crippen MR) is 13.6 cm³/mol. The second-order valence-electron chi connectivity index (χ2n) is 0. The average molecular weight is 88.1 g/mol. The Morgan fingerprint density at radius 3 is 1.25 bits per heavy atom. The fraction of sp³-hybridized carbons (Fsp3) is 0. The van der Waals surface area contributed by atoms with Gasteiger partial charge < -0.3 is 10.3 Å². The molecular formula is H5NaO2Si. The summed E-state index contributed by atoms with van der Waals surface area (Å²) < 4.78 is 0. The standard InChI is InChI=1S/Na.H3OSi.H2O/c;1-2;/h;2H3;1H2/q+1;-1;. The zero-order chi connectivity index (χ0) is 2.00. The van der Waals surface area contributed by atoms with E-state index in [1.165, 1.54) is 0 Å². The normalized spacial score (nSPS) is 2.25. The molecule has 0 aliphatic rings. The summed E-state index contributed by atoms with van der Waals surface area (Å²) in [6.45, 7) is 0. The molecule has 0 aliphatic heterocycles. The van der Waals surface area contributed by atoms with Gasteiger partial charge in [-0.3, -0.25) is 0 Å². The Morgan fingerprint density at radius 1 is 1.25 bits per heavy atom. The Bertz CT molecular complexity index is 6.00. The van der Waals surface area contributed by atoms with Crippen molar-refractivity contribution in [2.75, 3.05) is 0 Å². The van der Waals surface area contributed by atoms with E-state index in [-0.39, 0.29) is 45.5 Å². The summed E-state index contributed by atoms with van der Waals surface area (Å²) in [5, 5.41) is 0. The van der Waals surface area contributed by atoms with E-state index in [0.717, 1.165) is 0 Å². The third-order valence-corrected chi connectivity index (χ3v) is 0. The van der Waals surface area contributed by atoms with Crippen LogP contribution in [0.25, 0.3) is 0 Å². The molecule has 0 spiro atoms. The van der Waals surface area contributed by atoms with E-state index in [0.29, 0.717) is 0 Å². The smallest absolute Gasteiger partial charge is 0.865 e. The van der Waals surface area contributed by atoms with E-state index in [2.05, 4.69) is 0 Å². The van der Waals surface area contributed by atoms with Crippen LogP contribution in [0.4, 0.5) is 0 Å². The quantitative estimate of drug-likeness (QED) is 0.272. The average Bonchev–Trinajstić information content (AvgIpc) is 1.00. The van der Waals surface area contributed by atoms with E-state index in [9.17, 15) is 0 Å². The predicted octanol–water partition coefficient (Wildman–Crippen LogP) is -6.19. The molecule has 2 N–H and O–H groups in total. The summed E-state index contributed by atoms with van der Waals surface area (Å²) in [6, 6.07) is 0. The van der Waals surface area contributed by atoms with Gasteiger partial charge in [0.05, 0.1) is 0 Å². The van der Waals surface area contributed by atoms with Crippen LogP contribution in [0, 0.1) is 0 Å². The van der Waals surface area contributed by atoms with Crippen molar-refractivity contribution in [1.82, 2.24) is 0 Å².